The quantitative estimate of drug-likeness (QED) is 0.239. The Kier molecular flexibility index (Phi) is 7.62. The number of anilines is 4. The minimum atomic E-state index is -0.139. The topological polar surface area (TPSA) is 75.0 Å². The van der Waals surface area contributed by atoms with Crippen molar-refractivity contribution in [2.75, 3.05) is 48.5 Å². The zero-order valence-corrected chi connectivity index (χ0v) is 25.5. The monoisotopic (exact) mass is 574 g/mol. The predicted octanol–water partition coefficient (Wildman–Crippen LogP) is 6.86. The number of benzene rings is 3. The molecule has 1 amide bonds. The highest BCUT2D eigenvalue weighted by atomic mass is 16.5. The molecule has 0 saturated carbocycles. The molecular formula is C35H38N6O2. The van der Waals surface area contributed by atoms with Crippen molar-refractivity contribution >= 4 is 34.4 Å². The first-order chi connectivity index (χ1) is 20.7. The van der Waals surface area contributed by atoms with Crippen molar-refractivity contribution in [1.29, 1.82) is 0 Å². The Morgan fingerprint density at radius 3 is 2.40 bits per heavy atom. The molecule has 43 heavy (non-hydrogen) atoms. The number of amides is 1. The van der Waals surface area contributed by atoms with Crippen molar-refractivity contribution in [3.05, 3.63) is 102 Å². The molecule has 0 aliphatic carbocycles. The molecule has 0 spiro atoms. The molecule has 6 rings (SSSR count). The number of fused-ring (bicyclic) bond motifs is 1. The van der Waals surface area contributed by atoms with Gasteiger partial charge in [0.25, 0.3) is 5.91 Å². The van der Waals surface area contributed by atoms with Crippen molar-refractivity contribution in [3.63, 3.8) is 0 Å². The van der Waals surface area contributed by atoms with Gasteiger partial charge in [-0.3, -0.25) is 4.79 Å². The van der Waals surface area contributed by atoms with Gasteiger partial charge >= 0.3 is 0 Å². The second-order valence-electron chi connectivity index (χ2n) is 12.1. The van der Waals surface area contributed by atoms with Gasteiger partial charge in [-0.2, -0.15) is 0 Å². The molecule has 1 aliphatic heterocycles. The molecule has 0 unspecified atom stereocenters. The molecule has 8 nitrogen and oxygen atoms in total. The van der Waals surface area contributed by atoms with Crippen LogP contribution in [0.2, 0.25) is 0 Å². The SMILES string of the molecule is Cc1ccc(-c2cn3ccnc3c(N(C)c3ccc(N4CCOCC4)cc3)n2)cc1NC(=O)c1ccc(C(C)(C)C)cc1. The van der Waals surface area contributed by atoms with E-state index in [-0.39, 0.29) is 11.3 Å². The molecule has 8 heteroatoms. The van der Waals surface area contributed by atoms with E-state index in [1.165, 1.54) is 11.3 Å². The van der Waals surface area contributed by atoms with Crippen LogP contribution in [0.4, 0.5) is 22.9 Å². The number of morpholine rings is 1. The van der Waals surface area contributed by atoms with E-state index in [1.807, 2.05) is 73.2 Å². The lowest BCUT2D eigenvalue weighted by Gasteiger charge is -2.29. The van der Waals surface area contributed by atoms with Gasteiger partial charge in [0.1, 0.15) is 0 Å². The molecule has 5 aromatic rings. The summed E-state index contributed by atoms with van der Waals surface area (Å²) in [7, 11) is 2.01. The lowest BCUT2D eigenvalue weighted by atomic mass is 9.86. The molecule has 220 valence electrons. The first-order valence-electron chi connectivity index (χ1n) is 14.7. The standard InChI is InChI=1S/C35H38N6O2/c1-24-6-7-26(22-30(24)38-34(42)25-8-10-27(11-9-25)35(2,3)4)31-23-41-17-16-36-32(41)33(37-31)39(5)28-12-14-29(15-13-28)40-18-20-43-21-19-40/h6-17,22-23H,18-21H2,1-5H3,(H,38,42). The van der Waals surface area contributed by atoms with E-state index in [1.54, 1.807) is 6.20 Å². The molecule has 1 saturated heterocycles. The number of hydrogen-bond donors (Lipinski definition) is 1. The summed E-state index contributed by atoms with van der Waals surface area (Å²) in [6, 6.07) is 22.4. The van der Waals surface area contributed by atoms with Gasteiger partial charge in [-0.15, -0.1) is 0 Å². The van der Waals surface area contributed by atoms with Crippen LogP contribution in [0.15, 0.2) is 85.3 Å². The molecule has 0 atom stereocenters. The van der Waals surface area contributed by atoms with Crippen LogP contribution in [-0.2, 0) is 10.2 Å². The van der Waals surface area contributed by atoms with Crippen LogP contribution in [0.1, 0.15) is 42.3 Å². The van der Waals surface area contributed by atoms with Crippen LogP contribution >= 0.6 is 0 Å². The van der Waals surface area contributed by atoms with Crippen LogP contribution < -0.4 is 15.1 Å². The zero-order chi connectivity index (χ0) is 30.1. The molecule has 1 N–H and O–H groups in total. The third kappa shape index (κ3) is 5.96. The molecule has 0 radical (unpaired) electrons. The van der Waals surface area contributed by atoms with Gasteiger partial charge in [0, 0.05) is 66.9 Å². The number of imidazole rings is 1. The number of aromatic nitrogens is 3. The first-order valence-corrected chi connectivity index (χ1v) is 14.7. The minimum Gasteiger partial charge on any atom is -0.378 e. The smallest absolute Gasteiger partial charge is 0.255 e. The average Bonchev–Trinajstić information content (AvgIpc) is 3.50. The Bertz CT molecular complexity index is 1750. The number of carbonyl (C=O) groups excluding carboxylic acids is 1. The molecule has 0 bridgehead atoms. The van der Waals surface area contributed by atoms with Crippen molar-refractivity contribution in [2.24, 2.45) is 0 Å². The van der Waals surface area contributed by atoms with E-state index in [0.717, 1.165) is 66.0 Å². The second kappa shape index (κ2) is 11.5. The van der Waals surface area contributed by atoms with E-state index in [4.69, 9.17) is 9.72 Å². The molecule has 3 heterocycles. The lowest BCUT2D eigenvalue weighted by Crippen LogP contribution is -2.36. The van der Waals surface area contributed by atoms with Crippen LogP contribution in [0.25, 0.3) is 16.9 Å². The predicted molar refractivity (Wildman–Crippen MR) is 174 cm³/mol. The van der Waals surface area contributed by atoms with Gasteiger partial charge in [-0.1, -0.05) is 45.0 Å². The maximum Gasteiger partial charge on any atom is 0.255 e. The molecule has 3 aromatic carbocycles. The highest BCUT2D eigenvalue weighted by Gasteiger charge is 2.18. The highest BCUT2D eigenvalue weighted by molar-refractivity contribution is 6.05. The summed E-state index contributed by atoms with van der Waals surface area (Å²) in [6.45, 7) is 11.8. The third-order valence-electron chi connectivity index (χ3n) is 8.08. The van der Waals surface area contributed by atoms with Gasteiger partial charge in [0.15, 0.2) is 11.5 Å². The fourth-order valence-corrected chi connectivity index (χ4v) is 5.34. The van der Waals surface area contributed by atoms with Crippen LogP contribution in [0.3, 0.4) is 0 Å². The van der Waals surface area contributed by atoms with Crippen molar-refractivity contribution in [2.45, 2.75) is 33.1 Å². The second-order valence-corrected chi connectivity index (χ2v) is 12.1. The molecule has 1 aliphatic rings. The van der Waals surface area contributed by atoms with Crippen LogP contribution in [0.5, 0.6) is 0 Å². The number of rotatable bonds is 6. The Hall–Kier alpha value is -4.69. The molecule has 1 fully saturated rings. The molecule has 2 aromatic heterocycles. The average molecular weight is 575 g/mol. The fraction of sp³-hybridized carbons (Fsp3) is 0.286. The van der Waals surface area contributed by atoms with Crippen LogP contribution in [0, 0.1) is 6.92 Å². The van der Waals surface area contributed by atoms with Crippen molar-refractivity contribution < 1.29 is 9.53 Å². The van der Waals surface area contributed by atoms with E-state index >= 15 is 0 Å². The number of nitrogens with one attached hydrogen (secondary N) is 1. The van der Waals surface area contributed by atoms with E-state index in [0.29, 0.717) is 5.56 Å². The number of ether oxygens (including phenoxy) is 1. The summed E-state index contributed by atoms with van der Waals surface area (Å²) in [5.41, 5.74) is 8.22. The first kappa shape index (κ1) is 28.4. The number of carbonyl (C=O) groups is 1. The maximum atomic E-state index is 13.2. The van der Waals surface area contributed by atoms with Gasteiger partial charge in [-0.25, -0.2) is 9.97 Å². The van der Waals surface area contributed by atoms with Crippen LogP contribution in [-0.4, -0.2) is 53.6 Å². The fourth-order valence-electron chi connectivity index (χ4n) is 5.34. The van der Waals surface area contributed by atoms with Gasteiger partial charge < -0.3 is 24.3 Å². The zero-order valence-electron chi connectivity index (χ0n) is 25.5. The number of nitrogens with zero attached hydrogens (tertiary/aromatic N) is 5. The summed E-state index contributed by atoms with van der Waals surface area (Å²) in [5.74, 6) is 0.603. The lowest BCUT2D eigenvalue weighted by molar-refractivity contribution is 0.102. The van der Waals surface area contributed by atoms with Crippen molar-refractivity contribution in [1.82, 2.24) is 14.4 Å². The summed E-state index contributed by atoms with van der Waals surface area (Å²) < 4.78 is 7.49. The molecular weight excluding hydrogens is 536 g/mol. The summed E-state index contributed by atoms with van der Waals surface area (Å²) in [4.78, 5) is 27.3. The largest absolute Gasteiger partial charge is 0.378 e. The Morgan fingerprint density at radius 2 is 1.70 bits per heavy atom. The Balaban J connectivity index is 1.28. The Morgan fingerprint density at radius 1 is 0.977 bits per heavy atom. The van der Waals surface area contributed by atoms with Gasteiger partial charge in [0.2, 0.25) is 0 Å². The van der Waals surface area contributed by atoms with E-state index in [2.05, 4.69) is 65.1 Å². The minimum absolute atomic E-state index is 0.0303. The van der Waals surface area contributed by atoms with Gasteiger partial charge in [0.05, 0.1) is 18.9 Å². The summed E-state index contributed by atoms with van der Waals surface area (Å²) in [5, 5.41) is 3.11. The maximum absolute atomic E-state index is 13.2. The highest BCUT2D eigenvalue weighted by Crippen LogP contribution is 2.32. The summed E-state index contributed by atoms with van der Waals surface area (Å²) in [6.07, 6.45) is 5.69. The number of hydrogen-bond acceptors (Lipinski definition) is 6. The Labute approximate surface area is 253 Å². The van der Waals surface area contributed by atoms with Crippen molar-refractivity contribution in [3.8, 4) is 11.3 Å². The van der Waals surface area contributed by atoms with Gasteiger partial charge in [-0.05, 0) is 65.9 Å². The normalized spacial score (nSPS) is 13.7. The van der Waals surface area contributed by atoms with E-state index in [9.17, 15) is 4.79 Å². The third-order valence-corrected chi connectivity index (χ3v) is 8.08. The van der Waals surface area contributed by atoms with E-state index < -0.39 is 0 Å². The summed E-state index contributed by atoms with van der Waals surface area (Å²) >= 11 is 0. The number of aryl methyl sites for hydroxylation is 1.